The van der Waals surface area contributed by atoms with Gasteiger partial charge in [-0.1, -0.05) is 20.8 Å². The van der Waals surface area contributed by atoms with Gasteiger partial charge < -0.3 is 10.2 Å². The molecule has 9 atom stereocenters. The Morgan fingerprint density at radius 2 is 1.85 bits per heavy atom. The van der Waals surface area contributed by atoms with Crippen LogP contribution in [0.5, 0.6) is 0 Å². The van der Waals surface area contributed by atoms with Crippen LogP contribution in [0.25, 0.3) is 0 Å². The number of aliphatic carboxylic acids is 1. The second kappa shape index (κ2) is 7.04. The first kappa shape index (κ1) is 15.3. The zero-order valence-corrected chi connectivity index (χ0v) is 17.2. The normalized spacial score (nSPS) is 56.3. The van der Waals surface area contributed by atoms with E-state index in [4.69, 9.17) is 10.6 Å². The number of hydrogen-bond acceptors (Lipinski definition) is 2. The molecule has 0 aromatic carbocycles. The summed E-state index contributed by atoms with van der Waals surface area (Å²) in [7, 11) is 0. The summed E-state index contributed by atoms with van der Waals surface area (Å²) >= 11 is 0. The molecule has 3 nitrogen and oxygen atoms in total. The molecular weight excluding hydrogens is 336 g/mol. The van der Waals surface area contributed by atoms with Crippen LogP contribution in [0.2, 0.25) is 0 Å². The SMILES string of the molecule is [2H]C1([2H])C[C@@]2(C)[C@H](CC[C@@H]3[C@@H]2CC[C@]2(C)[C@@H]([C@H](C)CCC(=O)O)CC[C@@H]32)C([2H])([2H])[C@H]1O. The third-order valence-corrected chi connectivity index (χ3v) is 9.48. The topological polar surface area (TPSA) is 57.5 Å². The van der Waals surface area contributed by atoms with Gasteiger partial charge in [0.2, 0.25) is 0 Å². The summed E-state index contributed by atoms with van der Waals surface area (Å²) < 4.78 is 34.1. The van der Waals surface area contributed by atoms with E-state index >= 15 is 0 Å². The van der Waals surface area contributed by atoms with Crippen molar-refractivity contribution in [3.8, 4) is 0 Å². The Hall–Kier alpha value is -0.570. The minimum atomic E-state index is -1.90. The van der Waals surface area contributed by atoms with E-state index in [1.54, 1.807) is 0 Å². The molecule has 27 heavy (non-hydrogen) atoms. The first-order valence-corrected chi connectivity index (χ1v) is 11.1. The number of hydrogen-bond donors (Lipinski definition) is 2. The van der Waals surface area contributed by atoms with Crippen LogP contribution in [-0.4, -0.2) is 22.3 Å². The van der Waals surface area contributed by atoms with Crippen LogP contribution >= 0.6 is 0 Å². The van der Waals surface area contributed by atoms with E-state index in [0.717, 1.165) is 44.9 Å². The lowest BCUT2D eigenvalue weighted by atomic mass is 9.44. The van der Waals surface area contributed by atoms with E-state index in [2.05, 4.69) is 20.8 Å². The van der Waals surface area contributed by atoms with Crippen molar-refractivity contribution in [3.05, 3.63) is 0 Å². The van der Waals surface area contributed by atoms with Crippen LogP contribution in [-0.2, 0) is 4.79 Å². The van der Waals surface area contributed by atoms with E-state index < -0.39 is 30.2 Å². The summed E-state index contributed by atoms with van der Waals surface area (Å²) in [6, 6.07) is 0. The van der Waals surface area contributed by atoms with Gasteiger partial charge in [-0.2, -0.15) is 0 Å². The molecule has 0 aromatic rings. The fourth-order valence-electron chi connectivity index (χ4n) is 8.08. The molecule has 0 radical (unpaired) electrons. The highest BCUT2D eigenvalue weighted by Crippen LogP contribution is 2.68. The van der Waals surface area contributed by atoms with Gasteiger partial charge in [0.25, 0.3) is 0 Å². The van der Waals surface area contributed by atoms with Crippen molar-refractivity contribution in [2.24, 2.45) is 46.3 Å². The maximum atomic E-state index is 11.1. The molecule has 0 saturated heterocycles. The van der Waals surface area contributed by atoms with Gasteiger partial charge in [0.15, 0.2) is 0 Å². The average Bonchev–Trinajstić information content (AvgIpc) is 3.01. The second-order valence-electron chi connectivity index (χ2n) is 10.6. The Balaban J connectivity index is 1.59. The van der Waals surface area contributed by atoms with Gasteiger partial charge in [-0.05, 0) is 110 Å². The minimum absolute atomic E-state index is 0.203. The van der Waals surface area contributed by atoms with Crippen LogP contribution in [0.15, 0.2) is 0 Å². The van der Waals surface area contributed by atoms with Gasteiger partial charge in [-0.3, -0.25) is 4.79 Å². The summed E-state index contributed by atoms with van der Waals surface area (Å²) in [6.07, 6.45) is 1.91. The van der Waals surface area contributed by atoms with Gasteiger partial charge in [0.1, 0.15) is 0 Å². The molecule has 4 rings (SSSR count). The molecule has 0 aliphatic heterocycles. The fraction of sp³-hybridized carbons (Fsp3) is 0.958. The van der Waals surface area contributed by atoms with Gasteiger partial charge in [0, 0.05) is 11.9 Å². The molecule has 3 heteroatoms. The van der Waals surface area contributed by atoms with Crippen molar-refractivity contribution in [2.75, 3.05) is 0 Å². The van der Waals surface area contributed by atoms with Crippen molar-refractivity contribution in [1.29, 1.82) is 0 Å². The second-order valence-corrected chi connectivity index (χ2v) is 10.6. The standard InChI is InChI=1S/C24H40O3/c1-15(4-9-22(26)27)19-7-8-20-18-6-5-16-14-17(25)10-12-23(16,2)21(18)11-13-24(19,20)3/h15-21,25H,4-14H2,1-3H3,(H,26,27)/t15-,16-,17+,18+,19-,20+,21+,23+,24-/m1/s1/i10D2,14D2. The first-order chi connectivity index (χ1) is 14.2. The summed E-state index contributed by atoms with van der Waals surface area (Å²) in [4.78, 5) is 11.1. The largest absolute Gasteiger partial charge is 0.481 e. The van der Waals surface area contributed by atoms with E-state index in [1.807, 2.05) is 0 Å². The maximum absolute atomic E-state index is 11.1. The van der Waals surface area contributed by atoms with Gasteiger partial charge in [0.05, 0.1) is 6.10 Å². The molecule has 154 valence electrons. The molecule has 0 heterocycles. The van der Waals surface area contributed by atoms with Crippen LogP contribution in [0.3, 0.4) is 0 Å². The van der Waals surface area contributed by atoms with Crippen molar-refractivity contribution in [3.63, 3.8) is 0 Å². The fourth-order valence-corrected chi connectivity index (χ4v) is 8.08. The van der Waals surface area contributed by atoms with Gasteiger partial charge in [-0.15, -0.1) is 0 Å². The monoisotopic (exact) mass is 380 g/mol. The Bertz CT molecular complexity index is 728. The molecule has 0 unspecified atom stereocenters. The summed E-state index contributed by atoms with van der Waals surface area (Å²) in [5.74, 6) is 1.26. The molecule has 0 amide bonds. The number of fused-ring (bicyclic) bond motifs is 5. The lowest BCUT2D eigenvalue weighted by molar-refractivity contribution is -0.138. The zero-order valence-electron chi connectivity index (χ0n) is 21.2. The van der Waals surface area contributed by atoms with Gasteiger partial charge >= 0.3 is 5.97 Å². The summed E-state index contributed by atoms with van der Waals surface area (Å²) in [5, 5.41) is 19.6. The Morgan fingerprint density at radius 1 is 1.11 bits per heavy atom. The zero-order chi connectivity index (χ0) is 23.0. The Labute approximate surface area is 170 Å². The average molecular weight is 381 g/mol. The highest BCUT2D eigenvalue weighted by atomic mass is 16.4. The highest BCUT2D eigenvalue weighted by molar-refractivity contribution is 5.66. The molecule has 2 N–H and O–H groups in total. The molecule has 0 spiro atoms. The Morgan fingerprint density at radius 3 is 2.59 bits per heavy atom. The van der Waals surface area contributed by atoms with Crippen LogP contribution < -0.4 is 0 Å². The quantitative estimate of drug-likeness (QED) is 0.676. The summed E-state index contributed by atoms with van der Waals surface area (Å²) in [5.41, 5.74) is -0.224. The smallest absolute Gasteiger partial charge is 0.303 e. The van der Waals surface area contributed by atoms with E-state index in [-0.39, 0.29) is 24.2 Å². The van der Waals surface area contributed by atoms with E-state index in [1.165, 1.54) is 0 Å². The molecular formula is C24H40O3. The number of aliphatic hydroxyl groups is 1. The minimum Gasteiger partial charge on any atom is -0.481 e. The van der Waals surface area contributed by atoms with Crippen LogP contribution in [0, 0.1) is 46.3 Å². The number of carboxylic acids is 1. The highest BCUT2D eigenvalue weighted by Gasteiger charge is 2.60. The van der Waals surface area contributed by atoms with Gasteiger partial charge in [-0.25, -0.2) is 0 Å². The molecule has 4 aliphatic rings. The third-order valence-electron chi connectivity index (χ3n) is 9.48. The van der Waals surface area contributed by atoms with Crippen molar-refractivity contribution in [2.45, 2.75) is 97.4 Å². The van der Waals surface area contributed by atoms with Crippen molar-refractivity contribution >= 4 is 5.97 Å². The molecule has 4 fully saturated rings. The van der Waals surface area contributed by atoms with Crippen molar-refractivity contribution in [1.82, 2.24) is 0 Å². The summed E-state index contributed by atoms with van der Waals surface area (Å²) in [6.45, 7) is 6.75. The van der Waals surface area contributed by atoms with E-state index in [0.29, 0.717) is 29.6 Å². The van der Waals surface area contributed by atoms with Crippen LogP contribution in [0.4, 0.5) is 0 Å². The lowest BCUT2D eigenvalue weighted by Crippen LogP contribution is -2.54. The molecule has 4 saturated carbocycles. The van der Waals surface area contributed by atoms with E-state index in [9.17, 15) is 9.90 Å². The maximum Gasteiger partial charge on any atom is 0.303 e. The Kier molecular flexibility index (Phi) is 3.99. The predicted octanol–water partition coefficient (Wildman–Crippen LogP) is 5.51. The number of carbonyl (C=O) groups is 1. The number of carboxylic acid groups (broad SMARTS) is 1. The number of aliphatic hydroxyl groups excluding tert-OH is 1. The molecule has 0 bridgehead atoms. The lowest BCUT2D eigenvalue weighted by Gasteiger charge is -2.61. The van der Waals surface area contributed by atoms with Crippen LogP contribution in [0.1, 0.15) is 96.8 Å². The number of rotatable bonds is 4. The third kappa shape index (κ3) is 3.16. The molecule has 4 aliphatic carbocycles. The predicted molar refractivity (Wildman–Crippen MR) is 107 cm³/mol. The molecule has 0 aromatic heterocycles. The van der Waals surface area contributed by atoms with Crippen molar-refractivity contribution < 1.29 is 20.5 Å². The first-order valence-electron chi connectivity index (χ1n) is 13.1.